The molecule has 4 nitrogen and oxygen atoms in total. The summed E-state index contributed by atoms with van der Waals surface area (Å²) in [7, 11) is 0. The molecule has 0 aliphatic carbocycles. The van der Waals surface area contributed by atoms with Gasteiger partial charge in [0, 0.05) is 4.47 Å². The van der Waals surface area contributed by atoms with Gasteiger partial charge in [-0.05, 0) is 42.0 Å². The van der Waals surface area contributed by atoms with Crippen LogP contribution in [-0.2, 0) is 0 Å². The Morgan fingerprint density at radius 1 is 0.950 bits per heavy atom. The molecule has 0 fully saturated rings. The topological polar surface area (TPSA) is 77.8 Å². The summed E-state index contributed by atoms with van der Waals surface area (Å²) in [5.41, 5.74) is 0.738. The molecule has 0 amide bonds. The Morgan fingerprint density at radius 2 is 1.65 bits per heavy atom. The van der Waals surface area contributed by atoms with Gasteiger partial charge in [0.25, 0.3) is 0 Å². The first kappa shape index (κ1) is 14.1. The number of halogens is 1. The normalized spacial score (nSPS) is 10.8. The quantitative estimate of drug-likeness (QED) is 0.456. The van der Waals surface area contributed by atoms with Gasteiger partial charge in [-0.25, -0.2) is 0 Å². The van der Waals surface area contributed by atoms with Gasteiger partial charge in [-0.2, -0.15) is 0 Å². The van der Waals surface area contributed by atoms with Gasteiger partial charge in [0.2, 0.25) is 0 Å². The molecule has 3 N–H and O–H groups in total. The summed E-state index contributed by atoms with van der Waals surface area (Å²) in [6, 6.07) is 8.80. The third-order valence-electron chi connectivity index (χ3n) is 2.65. The number of rotatable bonds is 3. The largest absolute Gasteiger partial charge is 0.507 e. The summed E-state index contributed by atoms with van der Waals surface area (Å²) in [4.78, 5) is 12.0. The smallest absolute Gasteiger partial charge is 0.189 e. The van der Waals surface area contributed by atoms with E-state index in [1.165, 1.54) is 36.4 Å². The lowest BCUT2D eigenvalue weighted by molar-refractivity contribution is 0.104. The Hall–Kier alpha value is -2.27. The van der Waals surface area contributed by atoms with Crippen molar-refractivity contribution < 1.29 is 20.1 Å². The van der Waals surface area contributed by atoms with Crippen molar-refractivity contribution in [3.8, 4) is 17.2 Å². The average molecular weight is 335 g/mol. The maximum atomic E-state index is 12.0. The Kier molecular flexibility index (Phi) is 4.10. The van der Waals surface area contributed by atoms with Gasteiger partial charge in [-0.1, -0.05) is 28.1 Å². The highest BCUT2D eigenvalue weighted by atomic mass is 79.9. The van der Waals surface area contributed by atoms with Crippen LogP contribution in [0.1, 0.15) is 15.9 Å². The number of allylic oxidation sites excluding steroid dienone is 1. The highest BCUT2D eigenvalue weighted by Crippen LogP contribution is 2.26. The maximum Gasteiger partial charge on any atom is 0.189 e. The Morgan fingerprint density at radius 3 is 2.35 bits per heavy atom. The summed E-state index contributed by atoms with van der Waals surface area (Å²) < 4.78 is 0.689. The molecule has 0 aliphatic heterocycles. The van der Waals surface area contributed by atoms with Crippen LogP contribution in [0.3, 0.4) is 0 Å². The van der Waals surface area contributed by atoms with E-state index in [0.717, 1.165) is 0 Å². The lowest BCUT2D eigenvalue weighted by Crippen LogP contribution is -1.94. The molecular weight excluding hydrogens is 324 g/mol. The number of phenolic OH excluding ortho intramolecular Hbond substituents is 3. The molecule has 0 saturated carbocycles. The highest BCUT2D eigenvalue weighted by Gasteiger charge is 2.08. The predicted molar refractivity (Wildman–Crippen MR) is 78.9 cm³/mol. The molecule has 0 unspecified atom stereocenters. The standard InChI is InChI=1S/C15H11BrO4/c16-10-3-6-13(18)11(8-10)12(17)4-1-9-2-5-14(19)15(20)7-9/h1-8,18-20H/b4-1+. The van der Waals surface area contributed by atoms with Crippen LogP contribution in [0.4, 0.5) is 0 Å². The van der Waals surface area contributed by atoms with E-state index >= 15 is 0 Å². The SMILES string of the molecule is O=C(/C=C/c1ccc(O)c(O)c1)c1cc(Br)ccc1O. The lowest BCUT2D eigenvalue weighted by Gasteiger charge is -2.01. The minimum absolute atomic E-state index is 0.101. The number of phenols is 3. The minimum atomic E-state index is -0.364. The zero-order valence-corrected chi connectivity index (χ0v) is 11.8. The maximum absolute atomic E-state index is 12.0. The van der Waals surface area contributed by atoms with Crippen LogP contribution in [-0.4, -0.2) is 21.1 Å². The Bertz CT molecular complexity index is 692. The molecule has 0 atom stereocenters. The van der Waals surface area contributed by atoms with Gasteiger partial charge in [-0.15, -0.1) is 0 Å². The van der Waals surface area contributed by atoms with E-state index in [1.807, 2.05) is 0 Å². The van der Waals surface area contributed by atoms with E-state index in [4.69, 9.17) is 0 Å². The highest BCUT2D eigenvalue weighted by molar-refractivity contribution is 9.10. The van der Waals surface area contributed by atoms with Crippen LogP contribution in [0.5, 0.6) is 17.2 Å². The molecule has 0 aromatic heterocycles. The van der Waals surface area contributed by atoms with E-state index in [9.17, 15) is 20.1 Å². The molecule has 0 saturated heterocycles. The fraction of sp³-hybridized carbons (Fsp3) is 0. The van der Waals surface area contributed by atoms with Gasteiger partial charge in [0.1, 0.15) is 5.75 Å². The van der Waals surface area contributed by atoms with E-state index < -0.39 is 0 Å². The lowest BCUT2D eigenvalue weighted by atomic mass is 10.1. The number of hydrogen-bond acceptors (Lipinski definition) is 4. The van der Waals surface area contributed by atoms with Crippen LogP contribution < -0.4 is 0 Å². The number of carbonyl (C=O) groups is 1. The first-order chi connectivity index (χ1) is 9.47. The summed E-state index contributed by atoms with van der Waals surface area (Å²) >= 11 is 3.23. The first-order valence-electron chi connectivity index (χ1n) is 5.70. The molecule has 2 aromatic rings. The molecule has 0 heterocycles. The third kappa shape index (κ3) is 3.19. The average Bonchev–Trinajstić information content (AvgIpc) is 2.42. The van der Waals surface area contributed by atoms with E-state index in [0.29, 0.717) is 10.0 Å². The fourth-order valence-corrected chi connectivity index (χ4v) is 1.97. The molecule has 102 valence electrons. The summed E-state index contributed by atoms with van der Waals surface area (Å²) in [5, 5.41) is 28.2. The van der Waals surface area contributed by atoms with Crippen LogP contribution in [0.25, 0.3) is 6.08 Å². The summed E-state index contributed by atoms with van der Waals surface area (Å²) in [5.74, 6) is -0.948. The number of benzene rings is 2. The molecule has 0 spiro atoms. The van der Waals surface area contributed by atoms with Gasteiger partial charge in [-0.3, -0.25) is 4.79 Å². The zero-order valence-electron chi connectivity index (χ0n) is 10.2. The van der Waals surface area contributed by atoms with Gasteiger partial charge >= 0.3 is 0 Å². The number of carbonyl (C=O) groups excluding carboxylic acids is 1. The summed E-state index contributed by atoms with van der Waals surface area (Å²) in [6.07, 6.45) is 2.77. The molecular formula is C15H11BrO4. The first-order valence-corrected chi connectivity index (χ1v) is 6.49. The minimum Gasteiger partial charge on any atom is -0.507 e. The van der Waals surface area contributed by atoms with Gasteiger partial charge in [0.05, 0.1) is 5.56 Å². The van der Waals surface area contributed by atoms with E-state index in [-0.39, 0.29) is 28.6 Å². The van der Waals surface area contributed by atoms with Crippen LogP contribution in [0.15, 0.2) is 46.9 Å². The number of ketones is 1. The fourth-order valence-electron chi connectivity index (χ4n) is 1.61. The van der Waals surface area contributed by atoms with Crippen molar-refractivity contribution in [2.24, 2.45) is 0 Å². The number of hydrogen-bond donors (Lipinski definition) is 3. The molecule has 5 heteroatoms. The molecule has 0 bridgehead atoms. The second kappa shape index (κ2) is 5.79. The third-order valence-corrected chi connectivity index (χ3v) is 3.14. The van der Waals surface area contributed by atoms with Crippen molar-refractivity contribution in [3.05, 3.63) is 58.1 Å². The van der Waals surface area contributed by atoms with Crippen molar-refractivity contribution in [1.82, 2.24) is 0 Å². The second-order valence-electron chi connectivity index (χ2n) is 4.11. The zero-order chi connectivity index (χ0) is 14.7. The molecule has 0 aliphatic rings. The van der Waals surface area contributed by atoms with Crippen LogP contribution in [0, 0.1) is 0 Å². The van der Waals surface area contributed by atoms with Gasteiger partial charge in [0.15, 0.2) is 17.3 Å². The van der Waals surface area contributed by atoms with Crippen LogP contribution in [0.2, 0.25) is 0 Å². The van der Waals surface area contributed by atoms with E-state index in [1.54, 1.807) is 12.1 Å². The predicted octanol–water partition coefficient (Wildman–Crippen LogP) is 3.46. The molecule has 0 radical (unpaired) electrons. The van der Waals surface area contributed by atoms with Crippen molar-refractivity contribution in [1.29, 1.82) is 0 Å². The molecule has 20 heavy (non-hydrogen) atoms. The van der Waals surface area contributed by atoms with Crippen molar-refractivity contribution in [3.63, 3.8) is 0 Å². The second-order valence-corrected chi connectivity index (χ2v) is 5.02. The van der Waals surface area contributed by atoms with E-state index in [2.05, 4.69) is 15.9 Å². The summed E-state index contributed by atoms with van der Waals surface area (Å²) in [6.45, 7) is 0. The molecule has 2 aromatic carbocycles. The molecule has 2 rings (SSSR count). The number of aromatic hydroxyl groups is 3. The Labute approximate surface area is 123 Å². The van der Waals surface area contributed by atoms with Crippen molar-refractivity contribution in [2.75, 3.05) is 0 Å². The Balaban J connectivity index is 2.24. The van der Waals surface area contributed by atoms with Crippen LogP contribution >= 0.6 is 15.9 Å². The monoisotopic (exact) mass is 334 g/mol. The van der Waals surface area contributed by atoms with Gasteiger partial charge < -0.3 is 15.3 Å². The van der Waals surface area contributed by atoms with Crippen molar-refractivity contribution in [2.45, 2.75) is 0 Å². The van der Waals surface area contributed by atoms with Crippen molar-refractivity contribution >= 4 is 27.8 Å².